The highest BCUT2D eigenvalue weighted by molar-refractivity contribution is 7.98. The minimum atomic E-state index is -0.0382. The molecule has 3 aromatic heterocycles. The first-order valence-electron chi connectivity index (χ1n) is 7.27. The van der Waals surface area contributed by atoms with Gasteiger partial charge >= 0.3 is 0 Å². The Labute approximate surface area is 145 Å². The summed E-state index contributed by atoms with van der Waals surface area (Å²) in [6, 6.07) is 7.30. The van der Waals surface area contributed by atoms with Crippen molar-refractivity contribution in [1.82, 2.24) is 19.4 Å². The second kappa shape index (κ2) is 5.95. The zero-order valence-electron chi connectivity index (χ0n) is 13.1. The van der Waals surface area contributed by atoms with Crippen LogP contribution in [0.5, 0.6) is 5.75 Å². The number of rotatable bonds is 4. The van der Waals surface area contributed by atoms with Crippen LogP contribution in [-0.2, 0) is 5.75 Å². The topological polar surface area (TPSA) is 72.3 Å². The van der Waals surface area contributed by atoms with Crippen LogP contribution in [-0.4, -0.2) is 26.5 Å². The first-order chi connectivity index (χ1) is 11.6. The number of hydrogen-bond donors (Lipinski definition) is 1. The fourth-order valence-electron chi connectivity index (χ4n) is 2.48. The Morgan fingerprint density at radius 3 is 3.04 bits per heavy atom. The van der Waals surface area contributed by atoms with Crippen molar-refractivity contribution < 1.29 is 4.74 Å². The first-order valence-corrected chi connectivity index (χ1v) is 9.14. The molecule has 0 aliphatic carbocycles. The first kappa shape index (κ1) is 15.2. The van der Waals surface area contributed by atoms with Crippen LogP contribution in [0.15, 0.2) is 39.6 Å². The van der Waals surface area contributed by atoms with Crippen LogP contribution < -0.4 is 10.3 Å². The van der Waals surface area contributed by atoms with Crippen LogP contribution in [0.2, 0.25) is 0 Å². The molecular formula is C16H14N4O2S2. The minimum absolute atomic E-state index is 0.0382. The van der Waals surface area contributed by atoms with Crippen molar-refractivity contribution in [3.8, 4) is 5.75 Å². The molecule has 3 heterocycles. The molecule has 6 nitrogen and oxygen atoms in total. The third kappa shape index (κ3) is 2.67. The monoisotopic (exact) mass is 358 g/mol. The van der Waals surface area contributed by atoms with Crippen molar-refractivity contribution in [2.24, 2.45) is 0 Å². The van der Waals surface area contributed by atoms with E-state index < -0.39 is 0 Å². The third-order valence-corrected chi connectivity index (χ3v) is 5.50. The lowest BCUT2D eigenvalue weighted by Gasteiger charge is -2.00. The van der Waals surface area contributed by atoms with Gasteiger partial charge in [0.05, 0.1) is 23.8 Å². The number of ether oxygens (including phenoxy) is 1. The number of H-pyrrole nitrogens is 1. The Morgan fingerprint density at radius 1 is 1.33 bits per heavy atom. The Hall–Kier alpha value is -2.32. The number of nitrogens with zero attached hydrogens (tertiary/aromatic N) is 3. The molecule has 1 N–H and O–H groups in total. The molecule has 4 rings (SSSR count). The second-order valence-corrected chi connectivity index (χ2v) is 7.10. The maximum Gasteiger partial charge on any atom is 0.258 e. The summed E-state index contributed by atoms with van der Waals surface area (Å²) in [4.78, 5) is 25.3. The van der Waals surface area contributed by atoms with Gasteiger partial charge in [0.2, 0.25) is 0 Å². The van der Waals surface area contributed by atoms with Crippen LogP contribution in [0.1, 0.15) is 11.4 Å². The largest absolute Gasteiger partial charge is 0.497 e. The molecule has 0 aliphatic rings. The number of aromatic amines is 1. The fraction of sp³-hybridized carbons (Fsp3) is 0.188. The van der Waals surface area contributed by atoms with E-state index in [2.05, 4.69) is 15.0 Å². The van der Waals surface area contributed by atoms with Crippen LogP contribution in [0.25, 0.3) is 16.0 Å². The van der Waals surface area contributed by atoms with E-state index in [1.807, 2.05) is 30.5 Å². The van der Waals surface area contributed by atoms with Crippen LogP contribution >= 0.6 is 23.1 Å². The molecule has 1 aromatic carbocycles. The summed E-state index contributed by atoms with van der Waals surface area (Å²) < 4.78 is 6.85. The SMILES string of the molecule is COc1ccc2nc(SCc3cc(=O)n4c(C)csc4n3)[nH]c2c1. The van der Waals surface area contributed by atoms with Gasteiger partial charge in [-0.2, -0.15) is 0 Å². The van der Waals surface area contributed by atoms with Crippen LogP contribution in [0.3, 0.4) is 0 Å². The highest BCUT2D eigenvalue weighted by Crippen LogP contribution is 2.25. The highest BCUT2D eigenvalue weighted by Gasteiger charge is 2.09. The van der Waals surface area contributed by atoms with Gasteiger partial charge in [-0.15, -0.1) is 11.3 Å². The number of aromatic nitrogens is 4. The number of nitrogens with one attached hydrogen (secondary N) is 1. The fourth-order valence-corrected chi connectivity index (χ4v) is 4.15. The molecule has 0 spiro atoms. The summed E-state index contributed by atoms with van der Waals surface area (Å²) in [7, 11) is 1.64. The van der Waals surface area contributed by atoms with E-state index in [9.17, 15) is 4.79 Å². The molecule has 4 aromatic rings. The van der Waals surface area contributed by atoms with Crippen molar-refractivity contribution in [2.75, 3.05) is 7.11 Å². The molecule has 0 amide bonds. The lowest BCUT2D eigenvalue weighted by molar-refractivity contribution is 0.415. The molecule has 0 saturated carbocycles. The molecule has 0 saturated heterocycles. The van der Waals surface area contributed by atoms with Gasteiger partial charge in [-0.1, -0.05) is 11.8 Å². The average Bonchev–Trinajstić information content (AvgIpc) is 3.15. The highest BCUT2D eigenvalue weighted by atomic mass is 32.2. The van der Waals surface area contributed by atoms with E-state index in [-0.39, 0.29) is 5.56 Å². The van der Waals surface area contributed by atoms with E-state index in [0.29, 0.717) is 5.75 Å². The van der Waals surface area contributed by atoms with Gasteiger partial charge in [0, 0.05) is 29.0 Å². The summed E-state index contributed by atoms with van der Waals surface area (Å²) in [6.07, 6.45) is 0. The molecule has 0 radical (unpaired) electrons. The molecule has 0 unspecified atom stereocenters. The Balaban J connectivity index is 1.59. The van der Waals surface area contributed by atoms with Gasteiger partial charge in [0.15, 0.2) is 10.1 Å². The summed E-state index contributed by atoms with van der Waals surface area (Å²) in [5.74, 6) is 1.37. The van der Waals surface area contributed by atoms with E-state index in [0.717, 1.165) is 38.3 Å². The number of imidazole rings is 1. The minimum Gasteiger partial charge on any atom is -0.497 e. The predicted octanol–water partition coefficient (Wildman–Crippen LogP) is 3.24. The predicted molar refractivity (Wildman–Crippen MR) is 96.3 cm³/mol. The van der Waals surface area contributed by atoms with Crippen LogP contribution in [0, 0.1) is 6.92 Å². The molecule has 8 heteroatoms. The molecule has 0 atom stereocenters. The van der Waals surface area contributed by atoms with Crippen molar-refractivity contribution >= 4 is 39.1 Å². The average molecular weight is 358 g/mol. The number of fused-ring (bicyclic) bond motifs is 2. The summed E-state index contributed by atoms with van der Waals surface area (Å²) in [6.45, 7) is 1.91. The molecule has 0 fully saturated rings. The quantitative estimate of drug-likeness (QED) is 0.567. The van der Waals surface area contributed by atoms with Crippen molar-refractivity contribution in [3.05, 3.63) is 51.4 Å². The molecular weight excluding hydrogens is 344 g/mol. The number of benzene rings is 1. The number of methoxy groups -OCH3 is 1. The summed E-state index contributed by atoms with van der Waals surface area (Å²) >= 11 is 3.00. The number of thioether (sulfide) groups is 1. The lowest BCUT2D eigenvalue weighted by atomic mass is 10.3. The Morgan fingerprint density at radius 2 is 2.21 bits per heavy atom. The van der Waals surface area contributed by atoms with E-state index in [1.54, 1.807) is 17.6 Å². The van der Waals surface area contributed by atoms with Crippen molar-refractivity contribution in [2.45, 2.75) is 17.8 Å². The van der Waals surface area contributed by atoms with E-state index in [1.165, 1.54) is 23.1 Å². The van der Waals surface area contributed by atoms with Gasteiger partial charge in [-0.3, -0.25) is 9.20 Å². The zero-order valence-corrected chi connectivity index (χ0v) is 14.7. The zero-order chi connectivity index (χ0) is 16.7. The second-order valence-electron chi connectivity index (χ2n) is 5.29. The van der Waals surface area contributed by atoms with Crippen molar-refractivity contribution in [1.29, 1.82) is 0 Å². The maximum atomic E-state index is 12.2. The third-order valence-electron chi connectivity index (χ3n) is 3.65. The number of hydrogen-bond acceptors (Lipinski definition) is 6. The molecule has 0 aliphatic heterocycles. The van der Waals surface area contributed by atoms with Crippen molar-refractivity contribution in [3.63, 3.8) is 0 Å². The summed E-state index contributed by atoms with van der Waals surface area (Å²) in [5.41, 5.74) is 3.44. The van der Waals surface area contributed by atoms with Gasteiger partial charge in [0.25, 0.3) is 5.56 Å². The molecule has 0 bridgehead atoms. The van der Waals surface area contributed by atoms with E-state index >= 15 is 0 Å². The van der Waals surface area contributed by atoms with Crippen LogP contribution in [0.4, 0.5) is 0 Å². The number of aryl methyl sites for hydroxylation is 1. The standard InChI is InChI=1S/C16H14N4O2S2/c1-9-7-24-16-17-10(5-14(21)20(9)16)8-23-15-18-12-4-3-11(22-2)6-13(12)19-15/h3-7H,8H2,1-2H3,(H,18,19). The molecule has 122 valence electrons. The van der Waals surface area contributed by atoms with Gasteiger partial charge in [-0.25, -0.2) is 9.97 Å². The summed E-state index contributed by atoms with van der Waals surface area (Å²) in [5, 5.41) is 2.73. The smallest absolute Gasteiger partial charge is 0.258 e. The van der Waals surface area contributed by atoms with Gasteiger partial charge < -0.3 is 9.72 Å². The Bertz CT molecular complexity index is 1100. The van der Waals surface area contributed by atoms with Gasteiger partial charge in [0.1, 0.15) is 5.75 Å². The Kier molecular flexibility index (Phi) is 3.78. The lowest BCUT2D eigenvalue weighted by Crippen LogP contribution is -2.14. The number of thiazole rings is 1. The molecule has 24 heavy (non-hydrogen) atoms. The maximum absolute atomic E-state index is 12.2. The van der Waals surface area contributed by atoms with E-state index in [4.69, 9.17) is 4.74 Å². The normalized spacial score (nSPS) is 11.4. The van der Waals surface area contributed by atoms with Gasteiger partial charge in [-0.05, 0) is 19.1 Å².